The molecular formula is C22H25FN4O2S. The standard InChI is InChI=1S/C22H25FN4O2S/c1-5-17(13-27-12-16(11-24)18-7-6-8-19(23)21(18)27)26(4)30(28,29)22-15(3)9-14(2)10-20(22)25/h6-10,12,17H,5,13,25H2,1-4H3. The van der Waals surface area contributed by atoms with E-state index in [2.05, 4.69) is 6.07 Å². The molecule has 2 N–H and O–H groups in total. The number of aryl methyl sites for hydroxylation is 2. The summed E-state index contributed by atoms with van der Waals surface area (Å²) in [4.78, 5) is 0.0929. The fourth-order valence-electron chi connectivity index (χ4n) is 3.96. The van der Waals surface area contributed by atoms with Crippen LogP contribution >= 0.6 is 0 Å². The molecule has 3 rings (SSSR count). The summed E-state index contributed by atoms with van der Waals surface area (Å²) in [5.74, 6) is -0.451. The van der Waals surface area contributed by atoms with Crippen LogP contribution in [0.2, 0.25) is 0 Å². The zero-order valence-corrected chi connectivity index (χ0v) is 18.3. The number of aromatic nitrogens is 1. The van der Waals surface area contributed by atoms with Crippen LogP contribution < -0.4 is 5.73 Å². The highest BCUT2D eigenvalue weighted by atomic mass is 32.2. The zero-order valence-electron chi connectivity index (χ0n) is 17.5. The number of fused-ring (bicyclic) bond motifs is 1. The molecular weight excluding hydrogens is 403 g/mol. The van der Waals surface area contributed by atoms with E-state index in [1.54, 1.807) is 42.0 Å². The Kier molecular flexibility index (Phi) is 5.88. The minimum Gasteiger partial charge on any atom is -0.398 e. The van der Waals surface area contributed by atoms with E-state index in [1.165, 1.54) is 17.4 Å². The van der Waals surface area contributed by atoms with Crippen molar-refractivity contribution in [3.8, 4) is 6.07 Å². The smallest absolute Gasteiger partial charge is 0.245 e. The summed E-state index contributed by atoms with van der Waals surface area (Å²) in [6, 6.07) is 9.61. The van der Waals surface area contributed by atoms with Crippen molar-refractivity contribution in [2.75, 3.05) is 12.8 Å². The number of anilines is 1. The average Bonchev–Trinajstić information content (AvgIpc) is 3.03. The molecule has 6 nitrogen and oxygen atoms in total. The summed E-state index contributed by atoms with van der Waals surface area (Å²) in [5, 5.41) is 9.91. The third kappa shape index (κ3) is 3.66. The first-order valence-electron chi connectivity index (χ1n) is 9.64. The largest absolute Gasteiger partial charge is 0.398 e. The van der Waals surface area contributed by atoms with Gasteiger partial charge in [0, 0.05) is 31.2 Å². The fourth-order valence-corrected chi connectivity index (χ4v) is 5.67. The van der Waals surface area contributed by atoms with Crippen molar-refractivity contribution in [1.82, 2.24) is 8.87 Å². The van der Waals surface area contributed by atoms with Crippen molar-refractivity contribution in [2.24, 2.45) is 0 Å². The molecule has 1 atom stereocenters. The van der Waals surface area contributed by atoms with E-state index in [9.17, 15) is 18.1 Å². The van der Waals surface area contributed by atoms with Gasteiger partial charge < -0.3 is 10.3 Å². The van der Waals surface area contributed by atoms with Crippen molar-refractivity contribution in [3.63, 3.8) is 0 Å². The maximum absolute atomic E-state index is 14.5. The third-order valence-corrected chi connectivity index (χ3v) is 7.58. The van der Waals surface area contributed by atoms with E-state index in [4.69, 9.17) is 5.73 Å². The lowest BCUT2D eigenvalue weighted by Gasteiger charge is -2.28. The number of hydrogen-bond donors (Lipinski definition) is 1. The van der Waals surface area contributed by atoms with E-state index < -0.39 is 21.9 Å². The number of halogens is 1. The van der Waals surface area contributed by atoms with Gasteiger partial charge in [0.25, 0.3) is 0 Å². The Balaban J connectivity index is 2.04. The molecule has 0 spiro atoms. The van der Waals surface area contributed by atoms with Gasteiger partial charge in [-0.3, -0.25) is 0 Å². The van der Waals surface area contributed by atoms with Gasteiger partial charge >= 0.3 is 0 Å². The van der Waals surface area contributed by atoms with Gasteiger partial charge in [-0.1, -0.05) is 25.1 Å². The lowest BCUT2D eigenvalue weighted by molar-refractivity contribution is 0.325. The van der Waals surface area contributed by atoms with Crippen molar-refractivity contribution in [2.45, 2.75) is 44.7 Å². The topological polar surface area (TPSA) is 92.1 Å². The molecule has 1 unspecified atom stereocenters. The number of benzene rings is 2. The molecule has 0 fully saturated rings. The van der Waals surface area contributed by atoms with Gasteiger partial charge in [0.15, 0.2) is 0 Å². The SMILES string of the molecule is CCC(Cn1cc(C#N)c2cccc(F)c21)N(C)S(=O)(=O)c1c(C)cc(C)cc1N. The molecule has 2 aromatic carbocycles. The van der Waals surface area contributed by atoms with Gasteiger partial charge in [-0.2, -0.15) is 9.57 Å². The van der Waals surface area contributed by atoms with Crippen LogP contribution in [0.25, 0.3) is 10.9 Å². The number of rotatable bonds is 6. The van der Waals surface area contributed by atoms with Crippen LogP contribution in [0.5, 0.6) is 0 Å². The molecule has 1 aromatic heterocycles. The number of para-hydroxylation sites is 1. The predicted octanol–water partition coefficient (Wildman–Crippen LogP) is 3.95. The van der Waals surface area contributed by atoms with Crippen LogP contribution in [0.4, 0.5) is 10.1 Å². The molecule has 3 aromatic rings. The summed E-state index contributed by atoms with van der Waals surface area (Å²) in [5.41, 5.74) is 8.38. The molecule has 0 aliphatic carbocycles. The number of sulfonamides is 1. The van der Waals surface area contributed by atoms with E-state index in [0.29, 0.717) is 28.5 Å². The van der Waals surface area contributed by atoms with Crippen molar-refractivity contribution in [3.05, 3.63) is 59.0 Å². The van der Waals surface area contributed by atoms with E-state index in [0.717, 1.165) is 5.56 Å². The molecule has 158 valence electrons. The molecule has 0 amide bonds. The van der Waals surface area contributed by atoms with Crippen LogP contribution in [-0.4, -0.2) is 30.4 Å². The quantitative estimate of drug-likeness (QED) is 0.602. The Morgan fingerprint density at radius 2 is 2.00 bits per heavy atom. The normalized spacial score (nSPS) is 13.0. The van der Waals surface area contributed by atoms with Crippen LogP contribution in [0, 0.1) is 31.0 Å². The molecule has 8 heteroatoms. The molecule has 0 radical (unpaired) electrons. The molecule has 1 heterocycles. The van der Waals surface area contributed by atoms with Gasteiger partial charge in [0.2, 0.25) is 10.0 Å². The number of nitrogens with zero attached hydrogens (tertiary/aromatic N) is 3. The van der Waals surface area contributed by atoms with Crippen LogP contribution in [0.1, 0.15) is 30.0 Å². The Morgan fingerprint density at radius 3 is 2.60 bits per heavy atom. The van der Waals surface area contributed by atoms with Gasteiger partial charge in [-0.05, 0) is 43.5 Å². The molecule has 0 aliphatic heterocycles. The third-order valence-electron chi connectivity index (χ3n) is 5.45. The van der Waals surface area contributed by atoms with Crippen molar-refractivity contribution in [1.29, 1.82) is 5.26 Å². The second kappa shape index (κ2) is 8.09. The van der Waals surface area contributed by atoms with E-state index in [1.807, 2.05) is 13.8 Å². The van der Waals surface area contributed by atoms with Gasteiger partial charge in [0.1, 0.15) is 16.8 Å². The number of nitrogen functional groups attached to an aromatic ring is 1. The lowest BCUT2D eigenvalue weighted by atomic mass is 10.1. The Bertz CT molecular complexity index is 1240. The Morgan fingerprint density at radius 1 is 1.30 bits per heavy atom. The van der Waals surface area contributed by atoms with Crippen LogP contribution in [0.15, 0.2) is 41.4 Å². The average molecular weight is 429 g/mol. The van der Waals surface area contributed by atoms with Crippen molar-refractivity contribution >= 4 is 26.6 Å². The molecule has 0 saturated carbocycles. The van der Waals surface area contributed by atoms with Gasteiger partial charge in [-0.15, -0.1) is 0 Å². The zero-order chi connectivity index (χ0) is 22.2. The first kappa shape index (κ1) is 21.8. The Hall–Kier alpha value is -2.89. The number of likely N-dealkylation sites (N-methyl/N-ethyl adjacent to an activating group) is 1. The van der Waals surface area contributed by atoms with Gasteiger partial charge in [0.05, 0.1) is 16.8 Å². The lowest BCUT2D eigenvalue weighted by Crippen LogP contribution is -2.40. The molecule has 30 heavy (non-hydrogen) atoms. The highest BCUT2D eigenvalue weighted by Crippen LogP contribution is 2.30. The summed E-state index contributed by atoms with van der Waals surface area (Å²) >= 11 is 0. The Labute approximate surface area is 176 Å². The second-order valence-electron chi connectivity index (χ2n) is 7.53. The predicted molar refractivity (Wildman–Crippen MR) is 116 cm³/mol. The highest BCUT2D eigenvalue weighted by molar-refractivity contribution is 7.89. The van der Waals surface area contributed by atoms with E-state index >= 15 is 0 Å². The molecule has 0 bridgehead atoms. The first-order chi connectivity index (χ1) is 14.1. The van der Waals surface area contributed by atoms with E-state index in [-0.39, 0.29) is 17.1 Å². The van der Waals surface area contributed by atoms with Crippen LogP contribution in [-0.2, 0) is 16.6 Å². The number of hydrogen-bond acceptors (Lipinski definition) is 4. The summed E-state index contributed by atoms with van der Waals surface area (Å²) in [6.45, 7) is 5.65. The minimum atomic E-state index is -3.87. The second-order valence-corrected chi connectivity index (χ2v) is 9.46. The van der Waals surface area contributed by atoms with Crippen molar-refractivity contribution < 1.29 is 12.8 Å². The highest BCUT2D eigenvalue weighted by Gasteiger charge is 2.31. The molecule has 0 saturated heterocycles. The summed E-state index contributed by atoms with van der Waals surface area (Å²) in [7, 11) is -2.37. The van der Waals surface area contributed by atoms with Gasteiger partial charge in [-0.25, -0.2) is 12.8 Å². The summed E-state index contributed by atoms with van der Waals surface area (Å²) in [6.07, 6.45) is 2.07. The monoisotopic (exact) mass is 428 g/mol. The summed E-state index contributed by atoms with van der Waals surface area (Å²) < 4.78 is 44.2. The van der Waals surface area contributed by atoms with Crippen LogP contribution in [0.3, 0.4) is 0 Å². The minimum absolute atomic E-state index is 0.0929. The number of nitrogens with two attached hydrogens (primary N) is 1. The maximum atomic E-state index is 14.5. The maximum Gasteiger partial charge on any atom is 0.245 e. The molecule has 0 aliphatic rings. The number of nitriles is 1. The first-order valence-corrected chi connectivity index (χ1v) is 11.1. The fraction of sp³-hybridized carbons (Fsp3) is 0.318.